The number of carbonyl (C=O) groups is 2. The predicted molar refractivity (Wildman–Crippen MR) is 121 cm³/mol. The Balaban J connectivity index is 1.35. The molecule has 5 heteroatoms. The number of nitrogens with one attached hydrogen (secondary N) is 2. The zero-order valence-corrected chi connectivity index (χ0v) is 17.2. The van der Waals surface area contributed by atoms with Gasteiger partial charge < -0.3 is 10.6 Å². The van der Waals surface area contributed by atoms with Crippen molar-refractivity contribution in [1.29, 1.82) is 0 Å². The molecular formula is C25H27N3O2. The molecule has 2 amide bonds. The van der Waals surface area contributed by atoms with Gasteiger partial charge in [0.1, 0.15) is 0 Å². The second kappa shape index (κ2) is 9.09. The highest BCUT2D eigenvalue weighted by molar-refractivity contribution is 5.92. The molecule has 0 saturated heterocycles. The number of carbonyl (C=O) groups excluding carboxylic acids is 2. The van der Waals surface area contributed by atoms with Gasteiger partial charge >= 0.3 is 0 Å². The number of amides is 2. The van der Waals surface area contributed by atoms with Gasteiger partial charge in [-0.25, -0.2) is 0 Å². The minimum absolute atomic E-state index is 0.00541. The molecule has 0 heterocycles. The summed E-state index contributed by atoms with van der Waals surface area (Å²) >= 11 is 0. The molecule has 1 fully saturated rings. The van der Waals surface area contributed by atoms with Crippen LogP contribution in [-0.4, -0.2) is 29.3 Å². The molecule has 0 aromatic heterocycles. The third-order valence-electron chi connectivity index (χ3n) is 5.43. The first kappa shape index (κ1) is 20.1. The molecule has 1 aliphatic carbocycles. The Morgan fingerprint density at radius 2 is 1.57 bits per heavy atom. The van der Waals surface area contributed by atoms with E-state index in [0.29, 0.717) is 12.5 Å². The maximum Gasteiger partial charge on any atom is 0.225 e. The normalized spacial score (nSPS) is 13.4. The lowest BCUT2D eigenvalue weighted by molar-refractivity contribution is -0.116. The van der Waals surface area contributed by atoms with Gasteiger partial charge in [-0.2, -0.15) is 0 Å². The average Bonchev–Trinajstić information content (AvgIpc) is 3.57. The van der Waals surface area contributed by atoms with Gasteiger partial charge in [-0.1, -0.05) is 42.5 Å². The molecule has 4 rings (SSSR count). The zero-order chi connectivity index (χ0) is 20.9. The first-order chi connectivity index (χ1) is 14.6. The van der Waals surface area contributed by atoms with Crippen molar-refractivity contribution in [1.82, 2.24) is 4.90 Å². The SMILES string of the molecule is CC(=O)Nc1ccc(NC(=O)CCN(Cc2cccc3ccccc23)C2CC2)cc1. The van der Waals surface area contributed by atoms with E-state index >= 15 is 0 Å². The minimum Gasteiger partial charge on any atom is -0.326 e. The molecule has 3 aromatic rings. The van der Waals surface area contributed by atoms with Crippen LogP contribution in [0.2, 0.25) is 0 Å². The highest BCUT2D eigenvalue weighted by Gasteiger charge is 2.29. The summed E-state index contributed by atoms with van der Waals surface area (Å²) in [5, 5.41) is 8.22. The van der Waals surface area contributed by atoms with Gasteiger partial charge in [-0.05, 0) is 53.4 Å². The third kappa shape index (κ3) is 5.24. The second-order valence-electron chi connectivity index (χ2n) is 7.90. The molecule has 0 bridgehead atoms. The van der Waals surface area contributed by atoms with Crippen LogP contribution in [0.15, 0.2) is 66.7 Å². The van der Waals surface area contributed by atoms with Crippen LogP contribution >= 0.6 is 0 Å². The Morgan fingerprint density at radius 3 is 2.27 bits per heavy atom. The first-order valence-corrected chi connectivity index (χ1v) is 10.5. The van der Waals surface area contributed by atoms with Gasteiger partial charge in [0.2, 0.25) is 11.8 Å². The summed E-state index contributed by atoms with van der Waals surface area (Å²) < 4.78 is 0. The van der Waals surface area contributed by atoms with E-state index < -0.39 is 0 Å². The van der Waals surface area contributed by atoms with E-state index in [0.717, 1.165) is 24.5 Å². The van der Waals surface area contributed by atoms with Crippen molar-refractivity contribution >= 4 is 34.0 Å². The number of hydrogen-bond donors (Lipinski definition) is 2. The van der Waals surface area contributed by atoms with Crippen molar-refractivity contribution in [3.63, 3.8) is 0 Å². The van der Waals surface area contributed by atoms with Crippen molar-refractivity contribution in [2.45, 2.75) is 38.8 Å². The largest absolute Gasteiger partial charge is 0.326 e. The van der Waals surface area contributed by atoms with Crippen LogP contribution < -0.4 is 10.6 Å². The molecule has 3 aromatic carbocycles. The lowest BCUT2D eigenvalue weighted by Gasteiger charge is -2.22. The van der Waals surface area contributed by atoms with Crippen LogP contribution in [0.1, 0.15) is 31.7 Å². The van der Waals surface area contributed by atoms with Crippen LogP contribution in [0.5, 0.6) is 0 Å². The Kier molecular flexibility index (Phi) is 6.10. The highest BCUT2D eigenvalue weighted by Crippen LogP contribution is 2.30. The van der Waals surface area contributed by atoms with Gasteiger partial charge in [0.05, 0.1) is 0 Å². The van der Waals surface area contributed by atoms with Gasteiger partial charge in [0, 0.05) is 43.9 Å². The molecule has 1 saturated carbocycles. The summed E-state index contributed by atoms with van der Waals surface area (Å²) in [7, 11) is 0. The molecule has 0 spiro atoms. The maximum absolute atomic E-state index is 12.5. The number of fused-ring (bicyclic) bond motifs is 1. The van der Waals surface area contributed by atoms with Crippen molar-refractivity contribution in [2.24, 2.45) is 0 Å². The molecule has 2 N–H and O–H groups in total. The quantitative estimate of drug-likeness (QED) is 0.570. The van der Waals surface area contributed by atoms with Crippen LogP contribution in [0.4, 0.5) is 11.4 Å². The maximum atomic E-state index is 12.5. The van der Waals surface area contributed by atoms with Crippen molar-refractivity contribution in [3.05, 3.63) is 72.3 Å². The topological polar surface area (TPSA) is 61.4 Å². The predicted octanol–water partition coefficient (Wildman–Crippen LogP) is 4.79. The monoisotopic (exact) mass is 401 g/mol. The Morgan fingerprint density at radius 1 is 0.900 bits per heavy atom. The second-order valence-corrected chi connectivity index (χ2v) is 7.90. The van der Waals surface area contributed by atoms with Gasteiger partial charge in [0.15, 0.2) is 0 Å². The van der Waals surface area contributed by atoms with Crippen LogP contribution in [0.3, 0.4) is 0 Å². The molecule has 154 valence electrons. The fraction of sp³-hybridized carbons (Fsp3) is 0.280. The van der Waals surface area contributed by atoms with Crippen LogP contribution in [-0.2, 0) is 16.1 Å². The van der Waals surface area contributed by atoms with Crippen molar-refractivity contribution in [3.8, 4) is 0 Å². The molecule has 1 aliphatic rings. The summed E-state index contributed by atoms with van der Waals surface area (Å²) in [6.45, 7) is 3.08. The minimum atomic E-state index is -0.113. The van der Waals surface area contributed by atoms with E-state index in [4.69, 9.17) is 0 Å². The standard InChI is InChI=1S/C25H27N3O2/c1-18(29)26-21-9-11-22(12-10-21)27-25(30)15-16-28(23-13-14-23)17-20-7-4-6-19-5-2-3-8-24(19)20/h2-12,23H,13-17H2,1H3,(H,26,29)(H,27,30). The summed E-state index contributed by atoms with van der Waals surface area (Å²) in [5.41, 5.74) is 2.77. The van der Waals surface area contributed by atoms with Gasteiger partial charge in [0.25, 0.3) is 0 Å². The van der Waals surface area contributed by atoms with E-state index in [2.05, 4.69) is 58.0 Å². The van der Waals surface area contributed by atoms with Gasteiger partial charge in [-0.3, -0.25) is 14.5 Å². The Labute approximate surface area is 177 Å². The number of benzene rings is 3. The molecule has 5 nitrogen and oxygen atoms in total. The first-order valence-electron chi connectivity index (χ1n) is 10.5. The highest BCUT2D eigenvalue weighted by atomic mass is 16.2. The molecule has 0 aliphatic heterocycles. The number of rotatable bonds is 8. The van der Waals surface area contributed by atoms with Crippen LogP contribution in [0, 0.1) is 0 Å². The third-order valence-corrected chi connectivity index (χ3v) is 5.43. The van der Waals surface area contributed by atoms with Crippen LogP contribution in [0.25, 0.3) is 10.8 Å². The summed E-state index contributed by atoms with van der Waals surface area (Å²) in [4.78, 5) is 26.0. The number of nitrogens with zero attached hydrogens (tertiary/aromatic N) is 1. The summed E-state index contributed by atoms with van der Waals surface area (Å²) in [6.07, 6.45) is 2.86. The fourth-order valence-corrected chi connectivity index (χ4v) is 3.79. The lowest BCUT2D eigenvalue weighted by atomic mass is 10.0. The van der Waals surface area contributed by atoms with E-state index in [9.17, 15) is 9.59 Å². The summed E-state index contributed by atoms with van der Waals surface area (Å²) in [6, 6.07) is 22.7. The van der Waals surface area contributed by atoms with Gasteiger partial charge in [-0.15, -0.1) is 0 Å². The van der Waals surface area contributed by atoms with E-state index in [1.807, 2.05) is 0 Å². The molecule has 30 heavy (non-hydrogen) atoms. The summed E-state index contributed by atoms with van der Waals surface area (Å²) in [5.74, 6) is -0.107. The zero-order valence-electron chi connectivity index (χ0n) is 17.2. The Hall–Kier alpha value is -3.18. The smallest absolute Gasteiger partial charge is 0.225 e. The fourth-order valence-electron chi connectivity index (χ4n) is 3.79. The van der Waals surface area contributed by atoms with E-state index in [1.165, 1.54) is 36.1 Å². The molecule has 0 radical (unpaired) electrons. The molecule has 0 unspecified atom stereocenters. The van der Waals surface area contributed by atoms with Crippen molar-refractivity contribution in [2.75, 3.05) is 17.2 Å². The lowest BCUT2D eigenvalue weighted by Crippen LogP contribution is -2.29. The van der Waals surface area contributed by atoms with E-state index in [-0.39, 0.29) is 11.8 Å². The van der Waals surface area contributed by atoms with Crippen molar-refractivity contribution < 1.29 is 9.59 Å². The average molecular weight is 402 g/mol. The molecular weight excluding hydrogens is 374 g/mol. The molecule has 0 atom stereocenters. The Bertz CT molecular complexity index is 1040. The van der Waals surface area contributed by atoms with E-state index in [1.54, 1.807) is 24.3 Å². The number of hydrogen-bond acceptors (Lipinski definition) is 3. The number of anilines is 2.